The number of carbonyl (C=O) groups is 1. The van der Waals surface area contributed by atoms with Gasteiger partial charge >= 0.3 is 6.09 Å². The summed E-state index contributed by atoms with van der Waals surface area (Å²) >= 11 is 5.84. The smallest absolute Gasteiger partial charge is 0.411 e. The van der Waals surface area contributed by atoms with Gasteiger partial charge in [0.2, 0.25) is 0 Å². The lowest BCUT2D eigenvalue weighted by Crippen LogP contribution is -2.23. The van der Waals surface area contributed by atoms with E-state index in [1.165, 1.54) is 7.05 Å². The molecule has 1 aromatic rings. The topological polar surface area (TPSA) is 40.5 Å². The van der Waals surface area contributed by atoms with Crippen LogP contribution in [-0.2, 0) is 0 Å². The summed E-state index contributed by atoms with van der Waals surface area (Å²) in [5, 5.41) is 9.25. The van der Waals surface area contributed by atoms with Gasteiger partial charge in [0.15, 0.2) is 0 Å². The number of anilines is 1. The Balaban J connectivity index is 3.03. The number of carboxylic acid groups (broad SMARTS) is 1. The third kappa shape index (κ3) is 2.12. The quantitative estimate of drug-likeness (QED) is 0.756. The van der Waals surface area contributed by atoms with E-state index in [9.17, 15) is 4.79 Å². The molecule has 0 fully saturated rings. The maximum absolute atomic E-state index is 10.6. The highest BCUT2D eigenvalue weighted by molar-refractivity contribution is 6.31. The molecule has 0 saturated heterocycles. The first-order valence-electron chi connectivity index (χ1n) is 3.75. The van der Waals surface area contributed by atoms with Crippen LogP contribution < -0.4 is 4.90 Å². The van der Waals surface area contributed by atoms with E-state index in [1.807, 2.05) is 6.92 Å². The summed E-state index contributed by atoms with van der Waals surface area (Å²) < 4.78 is 0. The monoisotopic (exact) mass is 199 g/mol. The van der Waals surface area contributed by atoms with Gasteiger partial charge in [0.1, 0.15) is 0 Å². The molecule has 1 amide bonds. The minimum atomic E-state index is -1.00. The Labute approximate surface area is 81.5 Å². The van der Waals surface area contributed by atoms with Gasteiger partial charge in [0.25, 0.3) is 0 Å². The fraction of sp³-hybridized carbons (Fsp3) is 0.222. The van der Waals surface area contributed by atoms with Crippen LogP contribution >= 0.6 is 11.6 Å². The van der Waals surface area contributed by atoms with Gasteiger partial charge < -0.3 is 5.11 Å². The third-order valence-electron chi connectivity index (χ3n) is 1.83. The molecule has 3 nitrogen and oxygen atoms in total. The predicted octanol–water partition coefficient (Wildman–Crippen LogP) is 2.76. The average Bonchev–Trinajstić information content (AvgIpc) is 2.08. The standard InChI is InChI=1S/C9H10ClNO2/c1-6-3-4-7(5-8(6)10)11(2)9(12)13/h3-5H,1-2H3,(H,12,13). The van der Waals surface area contributed by atoms with Crippen molar-refractivity contribution < 1.29 is 9.90 Å². The molecule has 1 rings (SSSR count). The van der Waals surface area contributed by atoms with E-state index in [2.05, 4.69) is 0 Å². The average molecular weight is 200 g/mol. The van der Waals surface area contributed by atoms with Crippen molar-refractivity contribution in [2.75, 3.05) is 11.9 Å². The van der Waals surface area contributed by atoms with Gasteiger partial charge in [-0.1, -0.05) is 17.7 Å². The van der Waals surface area contributed by atoms with Crippen LogP contribution in [0.25, 0.3) is 0 Å². The number of benzene rings is 1. The van der Waals surface area contributed by atoms with Crippen LogP contribution in [-0.4, -0.2) is 18.2 Å². The molecule has 0 unspecified atom stereocenters. The van der Waals surface area contributed by atoms with Crippen LogP contribution in [0, 0.1) is 6.92 Å². The zero-order valence-corrected chi connectivity index (χ0v) is 8.17. The Morgan fingerprint density at radius 1 is 1.54 bits per heavy atom. The summed E-state index contributed by atoms with van der Waals surface area (Å²) in [7, 11) is 1.48. The molecule has 1 N–H and O–H groups in total. The van der Waals surface area contributed by atoms with Gasteiger partial charge in [-0.2, -0.15) is 0 Å². The summed E-state index contributed by atoms with van der Waals surface area (Å²) in [5.74, 6) is 0. The Morgan fingerprint density at radius 2 is 2.15 bits per heavy atom. The van der Waals surface area contributed by atoms with Crippen LogP contribution in [0.1, 0.15) is 5.56 Å². The van der Waals surface area contributed by atoms with E-state index in [4.69, 9.17) is 16.7 Å². The number of hydrogen-bond donors (Lipinski definition) is 1. The van der Waals surface area contributed by atoms with Crippen molar-refractivity contribution in [2.24, 2.45) is 0 Å². The van der Waals surface area contributed by atoms with Crippen molar-refractivity contribution in [3.8, 4) is 0 Å². The van der Waals surface area contributed by atoms with Gasteiger partial charge in [-0.3, -0.25) is 4.90 Å². The first-order chi connectivity index (χ1) is 6.02. The Morgan fingerprint density at radius 3 is 2.62 bits per heavy atom. The van der Waals surface area contributed by atoms with E-state index < -0.39 is 6.09 Å². The molecule has 0 atom stereocenters. The van der Waals surface area contributed by atoms with Crippen LogP contribution in [0.3, 0.4) is 0 Å². The molecule has 0 spiro atoms. The molecule has 1 aromatic carbocycles. The predicted molar refractivity (Wildman–Crippen MR) is 52.6 cm³/mol. The van der Waals surface area contributed by atoms with Crippen LogP contribution in [0.15, 0.2) is 18.2 Å². The molecular formula is C9H10ClNO2. The Bertz CT molecular complexity index is 338. The largest absolute Gasteiger partial charge is 0.465 e. The molecule has 70 valence electrons. The highest BCUT2D eigenvalue weighted by atomic mass is 35.5. The molecule has 0 aromatic heterocycles. The first-order valence-corrected chi connectivity index (χ1v) is 4.13. The summed E-state index contributed by atoms with van der Waals surface area (Å²) in [5.41, 5.74) is 1.51. The number of aryl methyl sites for hydroxylation is 1. The van der Waals surface area contributed by atoms with Gasteiger partial charge in [0, 0.05) is 17.8 Å². The number of rotatable bonds is 1. The van der Waals surface area contributed by atoms with E-state index in [1.54, 1.807) is 18.2 Å². The van der Waals surface area contributed by atoms with E-state index in [0.717, 1.165) is 10.5 Å². The molecule has 4 heteroatoms. The lowest BCUT2D eigenvalue weighted by atomic mass is 10.2. The number of amides is 1. The zero-order chi connectivity index (χ0) is 10.0. The van der Waals surface area contributed by atoms with Gasteiger partial charge in [-0.15, -0.1) is 0 Å². The van der Waals surface area contributed by atoms with Crippen LogP contribution in [0.2, 0.25) is 5.02 Å². The highest BCUT2D eigenvalue weighted by Gasteiger charge is 2.08. The van der Waals surface area contributed by atoms with Crippen LogP contribution in [0.4, 0.5) is 10.5 Å². The molecule has 0 saturated carbocycles. The molecule has 0 aliphatic heterocycles. The highest BCUT2D eigenvalue weighted by Crippen LogP contribution is 2.22. The van der Waals surface area contributed by atoms with Crippen molar-refractivity contribution in [2.45, 2.75) is 6.92 Å². The summed E-state index contributed by atoms with van der Waals surface area (Å²) in [6.45, 7) is 1.87. The van der Waals surface area contributed by atoms with Crippen LogP contribution in [0.5, 0.6) is 0 Å². The number of hydrogen-bond acceptors (Lipinski definition) is 1. The fourth-order valence-electron chi connectivity index (χ4n) is 0.901. The minimum absolute atomic E-state index is 0.572. The van der Waals surface area contributed by atoms with Crippen molar-refractivity contribution in [3.63, 3.8) is 0 Å². The minimum Gasteiger partial charge on any atom is -0.465 e. The van der Waals surface area contributed by atoms with Gasteiger partial charge in [-0.25, -0.2) is 4.79 Å². The maximum Gasteiger partial charge on any atom is 0.411 e. The maximum atomic E-state index is 10.6. The van der Waals surface area contributed by atoms with E-state index in [0.29, 0.717) is 10.7 Å². The lowest BCUT2D eigenvalue weighted by Gasteiger charge is -2.13. The van der Waals surface area contributed by atoms with E-state index in [-0.39, 0.29) is 0 Å². The van der Waals surface area contributed by atoms with Gasteiger partial charge in [0.05, 0.1) is 0 Å². The van der Waals surface area contributed by atoms with Crippen molar-refractivity contribution in [1.82, 2.24) is 0 Å². The molecule has 0 aliphatic carbocycles. The molecule has 13 heavy (non-hydrogen) atoms. The zero-order valence-electron chi connectivity index (χ0n) is 7.41. The second-order valence-electron chi connectivity index (χ2n) is 2.78. The lowest BCUT2D eigenvalue weighted by molar-refractivity contribution is 0.203. The molecule has 0 aliphatic rings. The first kappa shape index (κ1) is 9.86. The fourth-order valence-corrected chi connectivity index (χ4v) is 1.08. The second kappa shape index (κ2) is 3.66. The summed E-state index contributed by atoms with van der Waals surface area (Å²) in [6, 6.07) is 5.14. The van der Waals surface area contributed by atoms with Crippen molar-refractivity contribution >= 4 is 23.4 Å². The third-order valence-corrected chi connectivity index (χ3v) is 2.24. The second-order valence-corrected chi connectivity index (χ2v) is 3.18. The molecule has 0 bridgehead atoms. The SMILES string of the molecule is Cc1ccc(N(C)C(=O)O)cc1Cl. The Kier molecular flexibility index (Phi) is 2.78. The van der Waals surface area contributed by atoms with Gasteiger partial charge in [-0.05, 0) is 24.6 Å². The number of nitrogens with zero attached hydrogens (tertiary/aromatic N) is 1. The van der Waals surface area contributed by atoms with E-state index >= 15 is 0 Å². The van der Waals surface area contributed by atoms with Crippen molar-refractivity contribution in [1.29, 1.82) is 0 Å². The molecule has 0 radical (unpaired) electrons. The van der Waals surface area contributed by atoms with Crippen molar-refractivity contribution in [3.05, 3.63) is 28.8 Å². The summed E-state index contributed by atoms with van der Waals surface area (Å²) in [6.07, 6.45) is -1.00. The molecular weight excluding hydrogens is 190 g/mol. The Hall–Kier alpha value is -1.22. The summed E-state index contributed by atoms with van der Waals surface area (Å²) in [4.78, 5) is 11.7. The normalized spacial score (nSPS) is 9.77. The molecule has 0 heterocycles. The number of halogens is 1.